The minimum absolute atomic E-state index is 0.496. The van der Waals surface area contributed by atoms with Crippen LogP contribution >= 0.6 is 0 Å². The van der Waals surface area contributed by atoms with Gasteiger partial charge in [0, 0.05) is 0 Å². The number of epoxide rings is 1. The third-order valence-corrected chi connectivity index (χ3v) is 6.30. The highest BCUT2D eigenvalue weighted by molar-refractivity contribution is 5.13. The average Bonchev–Trinajstić information content (AvgIpc) is 3.41. The van der Waals surface area contributed by atoms with Crippen molar-refractivity contribution in [2.75, 3.05) is 0 Å². The number of rotatable bonds is 16. The Morgan fingerprint density at radius 1 is 0.931 bits per heavy atom. The Morgan fingerprint density at radius 3 is 2.38 bits per heavy atom. The van der Waals surface area contributed by atoms with Gasteiger partial charge >= 0.3 is 0 Å². The Morgan fingerprint density at radius 2 is 1.69 bits per heavy atom. The van der Waals surface area contributed by atoms with Crippen molar-refractivity contribution >= 4 is 0 Å². The second kappa shape index (κ2) is 15.1. The molecule has 168 valence electrons. The van der Waals surface area contributed by atoms with Crippen LogP contribution < -0.4 is 0 Å². The molecule has 1 heterocycles. The van der Waals surface area contributed by atoms with Gasteiger partial charge < -0.3 is 4.74 Å². The summed E-state index contributed by atoms with van der Waals surface area (Å²) in [4.78, 5) is 0. The predicted octanol–water partition coefficient (Wildman–Crippen LogP) is 8.91. The van der Waals surface area contributed by atoms with Gasteiger partial charge in [-0.25, -0.2) is 0 Å². The zero-order valence-corrected chi connectivity index (χ0v) is 20.6. The monoisotopic (exact) mass is 402 g/mol. The largest absolute Gasteiger partial charge is 0.369 e. The van der Waals surface area contributed by atoms with E-state index in [1.807, 2.05) is 0 Å². The maximum Gasteiger partial charge on any atom is 0.0867 e. The Balaban J connectivity index is 2.24. The topological polar surface area (TPSA) is 12.5 Å². The molecule has 0 spiro atoms. The molecule has 0 N–H and O–H groups in total. The summed E-state index contributed by atoms with van der Waals surface area (Å²) in [5.41, 5.74) is 1.47. The van der Waals surface area contributed by atoms with Crippen molar-refractivity contribution in [1.29, 1.82) is 0 Å². The van der Waals surface area contributed by atoms with Crippen LogP contribution in [0.3, 0.4) is 0 Å². The number of hydrogen-bond acceptors (Lipinski definition) is 1. The average molecular weight is 403 g/mol. The van der Waals surface area contributed by atoms with Gasteiger partial charge in [0.1, 0.15) is 0 Å². The lowest BCUT2D eigenvalue weighted by atomic mass is 9.95. The van der Waals surface area contributed by atoms with Gasteiger partial charge in [-0.15, -0.1) is 0 Å². The number of allylic oxidation sites excluding steroid dienone is 6. The second-order valence-corrected chi connectivity index (χ2v) is 9.96. The van der Waals surface area contributed by atoms with Crippen LogP contribution in [0.15, 0.2) is 36.0 Å². The number of hydrogen-bond donors (Lipinski definition) is 0. The summed E-state index contributed by atoms with van der Waals surface area (Å²) in [5.74, 6) is 2.76. The summed E-state index contributed by atoms with van der Waals surface area (Å²) in [6.07, 6.45) is 24.3. The van der Waals surface area contributed by atoms with Crippen LogP contribution in [0, 0.1) is 23.7 Å². The molecule has 6 unspecified atom stereocenters. The van der Waals surface area contributed by atoms with Gasteiger partial charge in [-0.2, -0.15) is 0 Å². The second-order valence-electron chi connectivity index (χ2n) is 9.96. The van der Waals surface area contributed by atoms with Gasteiger partial charge in [0.25, 0.3) is 0 Å². The van der Waals surface area contributed by atoms with Crippen LogP contribution in [-0.4, -0.2) is 12.2 Å². The molecular weight excluding hydrogens is 352 g/mol. The van der Waals surface area contributed by atoms with E-state index in [9.17, 15) is 0 Å². The molecule has 1 aliphatic rings. The first-order valence-electron chi connectivity index (χ1n) is 12.5. The molecule has 0 aromatic heterocycles. The van der Waals surface area contributed by atoms with Crippen LogP contribution in [0.1, 0.15) is 106 Å². The Hall–Kier alpha value is -0.820. The van der Waals surface area contributed by atoms with Gasteiger partial charge in [-0.1, -0.05) is 110 Å². The first-order valence-corrected chi connectivity index (χ1v) is 12.5. The van der Waals surface area contributed by atoms with Gasteiger partial charge in [-0.3, -0.25) is 0 Å². The molecule has 1 fully saturated rings. The van der Waals surface area contributed by atoms with E-state index < -0.39 is 0 Å². The van der Waals surface area contributed by atoms with Crippen molar-refractivity contribution in [2.24, 2.45) is 23.7 Å². The van der Waals surface area contributed by atoms with E-state index in [0.29, 0.717) is 24.0 Å². The number of ether oxygens (including phenoxy) is 1. The van der Waals surface area contributed by atoms with Crippen molar-refractivity contribution in [3.8, 4) is 0 Å². The minimum atomic E-state index is 0.496. The van der Waals surface area contributed by atoms with E-state index in [4.69, 9.17) is 4.74 Å². The highest BCUT2D eigenvalue weighted by atomic mass is 16.6. The van der Waals surface area contributed by atoms with E-state index in [1.54, 1.807) is 0 Å². The quantitative estimate of drug-likeness (QED) is 0.109. The standard InChI is InChI=1S/C28H50O/c1-8-10-11-15-22(3)16-12-17-23(4)20-24(5)18-13-19-25(6)21-27-28(29-27)26(7)14-9-2/h12-13,17-19,22-23,25-28H,8-11,14-16,20-21H2,1-7H3. The first-order chi connectivity index (χ1) is 13.9. The molecule has 1 rings (SSSR count). The highest BCUT2D eigenvalue weighted by Crippen LogP contribution is 2.36. The molecule has 0 bridgehead atoms. The summed E-state index contributed by atoms with van der Waals surface area (Å²) >= 11 is 0. The molecule has 1 heteroatoms. The fraction of sp³-hybridized carbons (Fsp3) is 0.786. The zero-order valence-electron chi connectivity index (χ0n) is 20.6. The van der Waals surface area contributed by atoms with E-state index in [0.717, 1.165) is 24.7 Å². The van der Waals surface area contributed by atoms with E-state index in [1.165, 1.54) is 50.5 Å². The molecule has 1 aliphatic heterocycles. The smallest absolute Gasteiger partial charge is 0.0867 e. The lowest BCUT2D eigenvalue weighted by Gasteiger charge is -2.09. The molecular formula is C28H50O. The molecule has 0 aromatic rings. The minimum Gasteiger partial charge on any atom is -0.369 e. The molecule has 0 aromatic carbocycles. The van der Waals surface area contributed by atoms with Gasteiger partial charge in [0.15, 0.2) is 0 Å². The van der Waals surface area contributed by atoms with Crippen molar-refractivity contribution in [1.82, 2.24) is 0 Å². The van der Waals surface area contributed by atoms with Crippen molar-refractivity contribution in [2.45, 2.75) is 118 Å². The first kappa shape index (κ1) is 26.2. The molecule has 0 amide bonds. The lowest BCUT2D eigenvalue weighted by Crippen LogP contribution is -2.08. The van der Waals surface area contributed by atoms with Crippen LogP contribution in [0.2, 0.25) is 0 Å². The van der Waals surface area contributed by atoms with Crippen LogP contribution in [-0.2, 0) is 4.74 Å². The maximum absolute atomic E-state index is 5.91. The third-order valence-electron chi connectivity index (χ3n) is 6.30. The Bertz CT molecular complexity index is 500. The molecule has 1 saturated heterocycles. The summed E-state index contributed by atoms with van der Waals surface area (Å²) in [7, 11) is 0. The normalized spacial score (nSPS) is 24.2. The molecule has 0 saturated carbocycles. The van der Waals surface area contributed by atoms with Crippen LogP contribution in [0.5, 0.6) is 0 Å². The zero-order chi connectivity index (χ0) is 21.6. The van der Waals surface area contributed by atoms with Crippen molar-refractivity contribution in [3.63, 3.8) is 0 Å². The SMILES string of the molecule is CCCCCC(C)CC=CC(C)CC(C)=CC=CC(C)CC1OC1C(C)CCC. The number of unbranched alkanes of at least 4 members (excludes halogenated alkanes) is 2. The highest BCUT2D eigenvalue weighted by Gasteiger charge is 2.42. The van der Waals surface area contributed by atoms with Gasteiger partial charge in [0.2, 0.25) is 0 Å². The maximum atomic E-state index is 5.91. The molecule has 6 atom stereocenters. The summed E-state index contributed by atoms with van der Waals surface area (Å²) in [6.45, 7) is 16.2. The Kier molecular flexibility index (Phi) is 13.6. The molecule has 1 nitrogen and oxygen atoms in total. The van der Waals surface area contributed by atoms with Crippen LogP contribution in [0.4, 0.5) is 0 Å². The molecule has 29 heavy (non-hydrogen) atoms. The van der Waals surface area contributed by atoms with E-state index >= 15 is 0 Å². The predicted molar refractivity (Wildman–Crippen MR) is 130 cm³/mol. The van der Waals surface area contributed by atoms with Crippen molar-refractivity contribution in [3.05, 3.63) is 36.0 Å². The van der Waals surface area contributed by atoms with E-state index in [-0.39, 0.29) is 0 Å². The van der Waals surface area contributed by atoms with Crippen LogP contribution in [0.25, 0.3) is 0 Å². The molecule has 0 radical (unpaired) electrons. The summed E-state index contributed by atoms with van der Waals surface area (Å²) in [5, 5.41) is 0. The fourth-order valence-electron chi connectivity index (χ4n) is 4.37. The van der Waals surface area contributed by atoms with Gasteiger partial charge in [-0.05, 0) is 56.3 Å². The Labute approximate surface area is 183 Å². The van der Waals surface area contributed by atoms with Gasteiger partial charge in [0.05, 0.1) is 12.2 Å². The fourth-order valence-corrected chi connectivity index (χ4v) is 4.37. The molecule has 0 aliphatic carbocycles. The summed E-state index contributed by atoms with van der Waals surface area (Å²) in [6, 6.07) is 0. The van der Waals surface area contributed by atoms with E-state index in [2.05, 4.69) is 78.8 Å². The third kappa shape index (κ3) is 12.5. The summed E-state index contributed by atoms with van der Waals surface area (Å²) < 4.78 is 5.91. The van der Waals surface area contributed by atoms with Crippen molar-refractivity contribution < 1.29 is 4.74 Å². The lowest BCUT2D eigenvalue weighted by molar-refractivity contribution is 0.309.